The second kappa shape index (κ2) is 6.04. The van der Waals surface area contributed by atoms with Gasteiger partial charge in [-0.1, -0.05) is 12.1 Å². The van der Waals surface area contributed by atoms with Crippen molar-refractivity contribution in [2.24, 2.45) is 5.84 Å². The molecule has 22 heavy (non-hydrogen) atoms. The first-order chi connectivity index (χ1) is 10.8. The van der Waals surface area contributed by atoms with E-state index in [-0.39, 0.29) is 0 Å². The van der Waals surface area contributed by atoms with Crippen LogP contribution in [-0.4, -0.2) is 12.1 Å². The number of aryl methyl sites for hydroxylation is 1. The van der Waals surface area contributed by atoms with E-state index in [0.29, 0.717) is 11.4 Å². The maximum Gasteiger partial charge on any atom is 0.158 e. The number of benzene rings is 1. The summed E-state index contributed by atoms with van der Waals surface area (Å²) in [6.07, 6.45) is 4.12. The Morgan fingerprint density at radius 3 is 2.59 bits per heavy atom. The van der Waals surface area contributed by atoms with E-state index in [1.54, 1.807) is 7.11 Å². The number of fused-ring (bicyclic) bond motifs is 1. The van der Waals surface area contributed by atoms with Crippen LogP contribution in [-0.2, 0) is 12.8 Å². The highest BCUT2D eigenvalue weighted by Gasteiger charge is 2.22. The van der Waals surface area contributed by atoms with Gasteiger partial charge >= 0.3 is 0 Å². The lowest BCUT2D eigenvalue weighted by atomic mass is 9.86. The Bertz CT molecular complexity index is 732. The zero-order valence-electron chi connectivity index (χ0n) is 12.5. The van der Waals surface area contributed by atoms with E-state index in [1.165, 1.54) is 5.56 Å². The number of hydrogen-bond acceptors (Lipinski definition) is 5. The molecule has 0 atom stereocenters. The molecule has 1 aliphatic carbocycles. The summed E-state index contributed by atoms with van der Waals surface area (Å²) < 4.78 is 5.21. The quantitative estimate of drug-likeness (QED) is 0.671. The van der Waals surface area contributed by atoms with Crippen LogP contribution in [0.3, 0.4) is 0 Å². The number of nitrogens with one attached hydrogen (secondary N) is 1. The number of hydrazine groups is 1. The van der Waals surface area contributed by atoms with Gasteiger partial charge in [0.1, 0.15) is 17.4 Å². The summed E-state index contributed by atoms with van der Waals surface area (Å²) in [4.78, 5) is 4.54. The van der Waals surface area contributed by atoms with Crippen molar-refractivity contribution in [2.75, 3.05) is 12.5 Å². The van der Waals surface area contributed by atoms with Crippen LogP contribution in [0.4, 0.5) is 5.82 Å². The number of methoxy groups -OCH3 is 1. The van der Waals surface area contributed by atoms with Crippen molar-refractivity contribution >= 4 is 5.82 Å². The second-order valence-corrected chi connectivity index (χ2v) is 5.33. The smallest absolute Gasteiger partial charge is 0.158 e. The van der Waals surface area contributed by atoms with Gasteiger partial charge in [0.15, 0.2) is 5.82 Å². The lowest BCUT2D eigenvalue weighted by Crippen LogP contribution is -2.16. The lowest BCUT2D eigenvalue weighted by molar-refractivity contribution is 0.415. The number of rotatable bonds is 3. The molecule has 1 heterocycles. The molecule has 5 nitrogen and oxygen atoms in total. The highest BCUT2D eigenvalue weighted by Crippen LogP contribution is 2.36. The van der Waals surface area contributed by atoms with Crippen molar-refractivity contribution in [1.29, 1.82) is 5.26 Å². The standard InChI is InChI=1S/C17H18N4O/c1-22-12-8-6-11(7-9-12)16-13-4-2-3-5-15(13)20-17(21-19)14(16)10-18/h6-9H,2-5,19H2,1H3,(H,20,21). The van der Waals surface area contributed by atoms with Gasteiger partial charge in [-0.25, -0.2) is 10.8 Å². The molecular formula is C17H18N4O. The molecule has 0 fully saturated rings. The summed E-state index contributed by atoms with van der Waals surface area (Å²) in [5.41, 5.74) is 7.24. The molecule has 1 aromatic carbocycles. The van der Waals surface area contributed by atoms with Gasteiger partial charge in [0.05, 0.1) is 7.11 Å². The van der Waals surface area contributed by atoms with Crippen LogP contribution in [0.15, 0.2) is 24.3 Å². The fourth-order valence-electron chi connectivity index (χ4n) is 3.03. The van der Waals surface area contributed by atoms with Crippen molar-refractivity contribution in [3.63, 3.8) is 0 Å². The zero-order valence-corrected chi connectivity index (χ0v) is 12.5. The summed E-state index contributed by atoms with van der Waals surface area (Å²) in [5, 5.41) is 9.58. The normalized spacial score (nSPS) is 13.1. The van der Waals surface area contributed by atoms with E-state index in [2.05, 4.69) is 16.5 Å². The summed E-state index contributed by atoms with van der Waals surface area (Å²) in [5.74, 6) is 6.81. The molecule has 0 saturated heterocycles. The molecule has 1 aliphatic rings. The van der Waals surface area contributed by atoms with Crippen LogP contribution >= 0.6 is 0 Å². The molecule has 0 unspecified atom stereocenters. The third-order valence-corrected chi connectivity index (χ3v) is 4.10. The number of nitrogens with zero attached hydrogens (tertiary/aromatic N) is 2. The molecule has 2 aromatic rings. The molecule has 0 radical (unpaired) electrons. The largest absolute Gasteiger partial charge is 0.497 e. The molecule has 5 heteroatoms. The summed E-state index contributed by atoms with van der Waals surface area (Å²) in [6, 6.07) is 10.0. The predicted octanol–water partition coefficient (Wildman–Crippen LogP) is 2.79. The van der Waals surface area contributed by atoms with Crippen molar-refractivity contribution in [3.05, 3.63) is 41.1 Å². The molecule has 3 rings (SSSR count). The van der Waals surface area contributed by atoms with Gasteiger partial charge in [-0.2, -0.15) is 5.26 Å². The Morgan fingerprint density at radius 1 is 1.23 bits per heavy atom. The summed E-state index contributed by atoms with van der Waals surface area (Å²) >= 11 is 0. The van der Waals surface area contributed by atoms with Crippen LogP contribution in [0.1, 0.15) is 29.7 Å². The monoisotopic (exact) mass is 294 g/mol. The van der Waals surface area contributed by atoms with Gasteiger partial charge in [0, 0.05) is 11.3 Å². The average molecular weight is 294 g/mol. The number of nitrogen functional groups attached to an aromatic ring is 1. The fourth-order valence-corrected chi connectivity index (χ4v) is 3.03. The molecule has 0 spiro atoms. The molecule has 3 N–H and O–H groups in total. The van der Waals surface area contributed by atoms with Gasteiger partial charge in [0.25, 0.3) is 0 Å². The second-order valence-electron chi connectivity index (χ2n) is 5.33. The van der Waals surface area contributed by atoms with E-state index in [0.717, 1.165) is 48.3 Å². The van der Waals surface area contributed by atoms with Crippen LogP contribution in [0.25, 0.3) is 11.1 Å². The number of aromatic nitrogens is 1. The van der Waals surface area contributed by atoms with E-state index in [1.807, 2.05) is 24.3 Å². The first kappa shape index (κ1) is 14.4. The van der Waals surface area contributed by atoms with Crippen LogP contribution in [0.5, 0.6) is 5.75 Å². The van der Waals surface area contributed by atoms with Crippen molar-refractivity contribution in [3.8, 4) is 22.9 Å². The molecule has 1 aromatic heterocycles. The van der Waals surface area contributed by atoms with E-state index >= 15 is 0 Å². The van der Waals surface area contributed by atoms with Crippen LogP contribution in [0.2, 0.25) is 0 Å². The summed E-state index contributed by atoms with van der Waals surface area (Å²) in [7, 11) is 1.64. The predicted molar refractivity (Wildman–Crippen MR) is 85.4 cm³/mol. The lowest BCUT2D eigenvalue weighted by Gasteiger charge is -2.21. The highest BCUT2D eigenvalue weighted by atomic mass is 16.5. The topological polar surface area (TPSA) is 84.0 Å². The van der Waals surface area contributed by atoms with Gasteiger partial charge in [-0.15, -0.1) is 0 Å². The number of nitriles is 1. The average Bonchev–Trinajstić information content (AvgIpc) is 2.60. The van der Waals surface area contributed by atoms with E-state index in [9.17, 15) is 5.26 Å². The minimum Gasteiger partial charge on any atom is -0.497 e. The fraction of sp³-hybridized carbons (Fsp3) is 0.294. The number of nitrogens with two attached hydrogens (primary N) is 1. The Kier molecular flexibility index (Phi) is 3.94. The van der Waals surface area contributed by atoms with Gasteiger partial charge in [-0.05, 0) is 48.9 Å². The first-order valence-corrected chi connectivity index (χ1v) is 7.35. The maximum atomic E-state index is 9.58. The Hall–Kier alpha value is -2.58. The number of anilines is 1. The molecule has 112 valence electrons. The third kappa shape index (κ3) is 2.38. The van der Waals surface area contributed by atoms with Crippen molar-refractivity contribution in [1.82, 2.24) is 4.98 Å². The Labute approximate surface area is 129 Å². The van der Waals surface area contributed by atoms with Gasteiger partial charge in [0.2, 0.25) is 0 Å². The first-order valence-electron chi connectivity index (χ1n) is 7.35. The molecule has 0 amide bonds. The highest BCUT2D eigenvalue weighted by molar-refractivity contribution is 5.80. The van der Waals surface area contributed by atoms with E-state index in [4.69, 9.17) is 10.6 Å². The van der Waals surface area contributed by atoms with E-state index < -0.39 is 0 Å². The number of pyridine rings is 1. The molecular weight excluding hydrogens is 276 g/mol. The third-order valence-electron chi connectivity index (χ3n) is 4.10. The summed E-state index contributed by atoms with van der Waals surface area (Å²) in [6.45, 7) is 0. The molecule has 0 bridgehead atoms. The van der Waals surface area contributed by atoms with Crippen molar-refractivity contribution in [2.45, 2.75) is 25.7 Å². The molecule has 0 aliphatic heterocycles. The minimum atomic E-state index is 0.453. The Morgan fingerprint density at radius 2 is 1.95 bits per heavy atom. The molecule has 0 saturated carbocycles. The van der Waals surface area contributed by atoms with Crippen LogP contribution in [0, 0.1) is 11.3 Å². The van der Waals surface area contributed by atoms with Crippen molar-refractivity contribution < 1.29 is 4.74 Å². The van der Waals surface area contributed by atoms with Crippen LogP contribution < -0.4 is 16.0 Å². The zero-order chi connectivity index (χ0) is 15.5. The number of hydrogen-bond donors (Lipinski definition) is 2. The number of ether oxygens (including phenoxy) is 1. The SMILES string of the molecule is COc1ccc(-c2c(C#N)c(NN)nc3c2CCCC3)cc1. The maximum absolute atomic E-state index is 9.58. The van der Waals surface area contributed by atoms with Gasteiger partial charge in [-0.3, -0.25) is 0 Å². The Balaban J connectivity index is 2.25. The van der Waals surface area contributed by atoms with Gasteiger partial charge < -0.3 is 10.2 Å². The minimum absolute atomic E-state index is 0.453.